The number of likely N-dealkylation sites (tertiary alicyclic amines) is 1. The van der Waals surface area contributed by atoms with Gasteiger partial charge in [-0.1, -0.05) is 6.42 Å². The first kappa shape index (κ1) is 16.1. The molecule has 1 heterocycles. The number of nitrogens with zero attached hydrogens (tertiary/aromatic N) is 1. The summed E-state index contributed by atoms with van der Waals surface area (Å²) in [6.45, 7) is 5.68. The minimum atomic E-state index is 0.279. The van der Waals surface area contributed by atoms with E-state index in [2.05, 4.69) is 4.90 Å². The molecule has 0 aromatic heterocycles. The molecule has 0 spiro atoms. The summed E-state index contributed by atoms with van der Waals surface area (Å²) < 4.78 is 11.2. The van der Waals surface area contributed by atoms with E-state index in [-0.39, 0.29) is 6.61 Å². The molecule has 1 aromatic carbocycles. The van der Waals surface area contributed by atoms with Gasteiger partial charge in [-0.2, -0.15) is 0 Å². The van der Waals surface area contributed by atoms with Gasteiger partial charge in [0.15, 0.2) is 0 Å². The summed E-state index contributed by atoms with van der Waals surface area (Å²) in [5.41, 5.74) is 0. The van der Waals surface area contributed by atoms with Crippen LogP contribution < -0.4 is 9.47 Å². The molecule has 4 heteroatoms. The Morgan fingerprint density at radius 3 is 2.52 bits per heavy atom. The van der Waals surface area contributed by atoms with E-state index < -0.39 is 0 Å². The monoisotopic (exact) mass is 293 g/mol. The number of hydrogen-bond acceptors (Lipinski definition) is 4. The Kier molecular flexibility index (Phi) is 6.83. The van der Waals surface area contributed by atoms with Crippen molar-refractivity contribution in [2.24, 2.45) is 0 Å². The van der Waals surface area contributed by atoms with Crippen LogP contribution in [0.25, 0.3) is 0 Å². The third kappa shape index (κ3) is 5.21. The van der Waals surface area contributed by atoms with Gasteiger partial charge < -0.3 is 14.6 Å². The first-order chi connectivity index (χ1) is 10.3. The normalized spacial score (nSPS) is 19.4. The number of hydrogen-bond donors (Lipinski definition) is 1. The Morgan fingerprint density at radius 2 is 1.86 bits per heavy atom. The minimum Gasteiger partial charge on any atom is -0.494 e. The molecule has 0 bridgehead atoms. The number of rotatable bonds is 8. The standard InChI is InChI=1S/C17H27NO3/c1-2-20-16-6-8-17(9-7-16)21-14-12-18-11-4-3-5-15(18)10-13-19/h6-9,15,19H,2-5,10-14H2,1H3. The molecule has 1 aliphatic heterocycles. The number of benzene rings is 1. The maximum atomic E-state index is 9.14. The maximum Gasteiger partial charge on any atom is 0.119 e. The van der Waals surface area contributed by atoms with E-state index in [1.807, 2.05) is 31.2 Å². The topological polar surface area (TPSA) is 41.9 Å². The molecular formula is C17H27NO3. The van der Waals surface area contributed by atoms with E-state index in [0.29, 0.717) is 19.3 Å². The quantitative estimate of drug-likeness (QED) is 0.800. The summed E-state index contributed by atoms with van der Waals surface area (Å²) in [4.78, 5) is 2.45. The smallest absolute Gasteiger partial charge is 0.119 e. The van der Waals surface area contributed by atoms with Gasteiger partial charge >= 0.3 is 0 Å². The molecule has 4 nitrogen and oxygen atoms in total. The predicted octanol–water partition coefficient (Wildman–Crippen LogP) is 2.70. The van der Waals surface area contributed by atoms with Crippen molar-refractivity contribution < 1.29 is 14.6 Å². The summed E-state index contributed by atoms with van der Waals surface area (Å²) in [6.07, 6.45) is 4.61. The highest BCUT2D eigenvalue weighted by Gasteiger charge is 2.21. The number of piperidine rings is 1. The number of aliphatic hydroxyl groups excluding tert-OH is 1. The van der Waals surface area contributed by atoms with Crippen molar-refractivity contribution in [2.75, 3.05) is 32.9 Å². The van der Waals surface area contributed by atoms with Gasteiger partial charge in [0.1, 0.15) is 18.1 Å². The average molecular weight is 293 g/mol. The van der Waals surface area contributed by atoms with Gasteiger partial charge in [-0.3, -0.25) is 4.90 Å². The van der Waals surface area contributed by atoms with Crippen LogP contribution in [-0.2, 0) is 0 Å². The summed E-state index contributed by atoms with van der Waals surface area (Å²) in [6, 6.07) is 8.30. The molecule has 1 fully saturated rings. The second kappa shape index (κ2) is 8.90. The molecule has 21 heavy (non-hydrogen) atoms. The lowest BCUT2D eigenvalue weighted by Gasteiger charge is -2.35. The largest absolute Gasteiger partial charge is 0.494 e. The fraction of sp³-hybridized carbons (Fsp3) is 0.647. The Labute approximate surface area is 127 Å². The van der Waals surface area contributed by atoms with Crippen LogP contribution in [-0.4, -0.2) is 49.0 Å². The predicted molar refractivity (Wildman–Crippen MR) is 84.0 cm³/mol. The number of aliphatic hydroxyl groups is 1. The zero-order valence-electron chi connectivity index (χ0n) is 13.0. The van der Waals surface area contributed by atoms with Crippen molar-refractivity contribution in [3.63, 3.8) is 0 Å². The minimum absolute atomic E-state index is 0.279. The molecule has 1 aromatic rings. The van der Waals surface area contributed by atoms with Crippen LogP contribution in [0.2, 0.25) is 0 Å². The Morgan fingerprint density at radius 1 is 1.14 bits per heavy atom. The van der Waals surface area contributed by atoms with Gasteiger partial charge in [0.2, 0.25) is 0 Å². The molecule has 0 amide bonds. The van der Waals surface area contributed by atoms with Crippen LogP contribution in [0, 0.1) is 0 Å². The second-order valence-corrected chi connectivity index (χ2v) is 5.45. The lowest BCUT2D eigenvalue weighted by molar-refractivity contribution is 0.102. The van der Waals surface area contributed by atoms with E-state index in [9.17, 15) is 0 Å². The van der Waals surface area contributed by atoms with Crippen molar-refractivity contribution >= 4 is 0 Å². The highest BCUT2D eigenvalue weighted by molar-refractivity contribution is 5.31. The highest BCUT2D eigenvalue weighted by Crippen LogP contribution is 2.20. The van der Waals surface area contributed by atoms with Crippen LogP contribution in [0.4, 0.5) is 0 Å². The lowest BCUT2D eigenvalue weighted by atomic mass is 10.00. The van der Waals surface area contributed by atoms with Crippen LogP contribution >= 0.6 is 0 Å². The molecule has 0 aliphatic carbocycles. The molecule has 1 N–H and O–H groups in total. The van der Waals surface area contributed by atoms with Gasteiger partial charge in [0.05, 0.1) is 6.61 Å². The van der Waals surface area contributed by atoms with E-state index in [0.717, 1.165) is 31.0 Å². The Balaban J connectivity index is 1.74. The van der Waals surface area contributed by atoms with Crippen LogP contribution in [0.5, 0.6) is 11.5 Å². The molecular weight excluding hydrogens is 266 g/mol. The fourth-order valence-electron chi connectivity index (χ4n) is 2.91. The molecule has 1 aliphatic rings. The summed E-state index contributed by atoms with van der Waals surface area (Å²) in [5, 5.41) is 9.14. The van der Waals surface area contributed by atoms with Crippen LogP contribution in [0.3, 0.4) is 0 Å². The van der Waals surface area contributed by atoms with Gasteiger partial charge in [-0.15, -0.1) is 0 Å². The molecule has 1 unspecified atom stereocenters. The zero-order valence-corrected chi connectivity index (χ0v) is 13.0. The molecule has 2 rings (SSSR count). The van der Waals surface area contributed by atoms with Crippen molar-refractivity contribution in [2.45, 2.75) is 38.6 Å². The van der Waals surface area contributed by atoms with Crippen molar-refractivity contribution in [3.05, 3.63) is 24.3 Å². The summed E-state index contributed by atoms with van der Waals surface area (Å²) in [5.74, 6) is 1.76. The van der Waals surface area contributed by atoms with Crippen molar-refractivity contribution in [1.29, 1.82) is 0 Å². The first-order valence-corrected chi connectivity index (χ1v) is 8.04. The molecule has 0 radical (unpaired) electrons. The third-order valence-electron chi connectivity index (χ3n) is 3.99. The SMILES string of the molecule is CCOc1ccc(OCCN2CCCCC2CCO)cc1. The van der Waals surface area contributed by atoms with Crippen molar-refractivity contribution in [3.8, 4) is 11.5 Å². The zero-order chi connectivity index (χ0) is 14.9. The maximum absolute atomic E-state index is 9.14. The van der Waals surface area contributed by atoms with E-state index in [4.69, 9.17) is 14.6 Å². The average Bonchev–Trinajstić information content (AvgIpc) is 2.51. The molecule has 1 atom stereocenters. The second-order valence-electron chi connectivity index (χ2n) is 5.45. The van der Waals surface area contributed by atoms with Gasteiger partial charge in [0, 0.05) is 19.2 Å². The van der Waals surface area contributed by atoms with Gasteiger partial charge in [0.25, 0.3) is 0 Å². The third-order valence-corrected chi connectivity index (χ3v) is 3.99. The molecule has 118 valence electrons. The van der Waals surface area contributed by atoms with Gasteiger partial charge in [-0.05, 0) is 57.0 Å². The Hall–Kier alpha value is -1.26. The summed E-state index contributed by atoms with van der Waals surface area (Å²) in [7, 11) is 0. The van der Waals surface area contributed by atoms with Gasteiger partial charge in [-0.25, -0.2) is 0 Å². The fourth-order valence-corrected chi connectivity index (χ4v) is 2.91. The first-order valence-electron chi connectivity index (χ1n) is 8.04. The van der Waals surface area contributed by atoms with Crippen molar-refractivity contribution in [1.82, 2.24) is 4.90 Å². The van der Waals surface area contributed by atoms with E-state index in [1.165, 1.54) is 19.3 Å². The van der Waals surface area contributed by atoms with Crippen LogP contribution in [0.1, 0.15) is 32.6 Å². The Bertz CT molecular complexity index is 392. The molecule has 0 saturated carbocycles. The highest BCUT2D eigenvalue weighted by atomic mass is 16.5. The van der Waals surface area contributed by atoms with Crippen LogP contribution in [0.15, 0.2) is 24.3 Å². The number of ether oxygens (including phenoxy) is 2. The van der Waals surface area contributed by atoms with E-state index in [1.54, 1.807) is 0 Å². The lowest BCUT2D eigenvalue weighted by Crippen LogP contribution is -2.42. The summed E-state index contributed by atoms with van der Waals surface area (Å²) >= 11 is 0. The van der Waals surface area contributed by atoms with E-state index >= 15 is 0 Å². The molecule has 1 saturated heterocycles.